The first-order valence-corrected chi connectivity index (χ1v) is 5.13. The summed E-state index contributed by atoms with van der Waals surface area (Å²) >= 11 is 0. The van der Waals surface area contributed by atoms with Crippen LogP contribution in [-0.2, 0) is 4.74 Å². The standard InChI is InChI=1S/C10H23NO2/c1-3-4-5-6-10(13-2)9(7-11)8-12/h9-10,12H,3-8,11H2,1-2H3/t9-,10?/m1/s1. The third-order valence-corrected chi connectivity index (χ3v) is 2.46. The predicted octanol–water partition coefficient (Wildman–Crippen LogP) is 1.15. The first-order valence-electron chi connectivity index (χ1n) is 5.13. The van der Waals surface area contributed by atoms with Gasteiger partial charge in [0, 0.05) is 19.6 Å². The molecule has 0 spiro atoms. The van der Waals surface area contributed by atoms with Gasteiger partial charge in [0.1, 0.15) is 0 Å². The molecule has 3 N–H and O–H groups in total. The van der Waals surface area contributed by atoms with Gasteiger partial charge < -0.3 is 15.6 Å². The van der Waals surface area contributed by atoms with Crippen LogP contribution in [-0.4, -0.2) is 31.5 Å². The van der Waals surface area contributed by atoms with Crippen molar-refractivity contribution in [2.24, 2.45) is 11.7 Å². The molecule has 0 saturated heterocycles. The Morgan fingerprint density at radius 1 is 1.38 bits per heavy atom. The molecule has 0 bridgehead atoms. The van der Waals surface area contributed by atoms with E-state index in [1.807, 2.05) is 0 Å². The molecular formula is C10H23NO2. The highest BCUT2D eigenvalue weighted by Gasteiger charge is 2.18. The number of hydrogen-bond acceptors (Lipinski definition) is 3. The fourth-order valence-corrected chi connectivity index (χ4v) is 1.49. The SMILES string of the molecule is CCCCCC(OC)[C@H](CN)CO. The summed E-state index contributed by atoms with van der Waals surface area (Å²) in [6, 6.07) is 0. The number of unbranched alkanes of at least 4 members (excludes halogenated alkanes) is 2. The molecule has 0 aliphatic carbocycles. The van der Waals surface area contributed by atoms with Crippen molar-refractivity contribution in [1.82, 2.24) is 0 Å². The Hall–Kier alpha value is -0.120. The molecule has 3 nitrogen and oxygen atoms in total. The van der Waals surface area contributed by atoms with E-state index in [-0.39, 0.29) is 18.6 Å². The van der Waals surface area contributed by atoms with Gasteiger partial charge in [-0.2, -0.15) is 0 Å². The van der Waals surface area contributed by atoms with Gasteiger partial charge in [0.25, 0.3) is 0 Å². The van der Waals surface area contributed by atoms with Crippen LogP contribution >= 0.6 is 0 Å². The molecule has 0 saturated carbocycles. The van der Waals surface area contributed by atoms with Gasteiger partial charge in [-0.1, -0.05) is 26.2 Å². The Labute approximate surface area is 81.3 Å². The monoisotopic (exact) mass is 189 g/mol. The maximum Gasteiger partial charge on any atom is 0.0633 e. The van der Waals surface area contributed by atoms with E-state index < -0.39 is 0 Å². The fourth-order valence-electron chi connectivity index (χ4n) is 1.49. The minimum Gasteiger partial charge on any atom is -0.396 e. The fraction of sp³-hybridized carbons (Fsp3) is 1.00. The molecule has 1 unspecified atom stereocenters. The van der Waals surface area contributed by atoms with E-state index in [0.717, 1.165) is 12.8 Å². The first kappa shape index (κ1) is 12.9. The van der Waals surface area contributed by atoms with Crippen LogP contribution in [0.2, 0.25) is 0 Å². The molecule has 2 atom stereocenters. The largest absolute Gasteiger partial charge is 0.396 e. The zero-order valence-corrected chi connectivity index (χ0v) is 8.83. The number of rotatable bonds is 8. The lowest BCUT2D eigenvalue weighted by molar-refractivity contribution is 0.0227. The molecule has 0 aliphatic heterocycles. The Morgan fingerprint density at radius 2 is 2.08 bits per heavy atom. The van der Waals surface area contributed by atoms with Crippen molar-refractivity contribution in [3.8, 4) is 0 Å². The molecule has 0 fully saturated rings. The topological polar surface area (TPSA) is 55.5 Å². The van der Waals surface area contributed by atoms with Gasteiger partial charge >= 0.3 is 0 Å². The van der Waals surface area contributed by atoms with Crippen LogP contribution in [0.5, 0.6) is 0 Å². The van der Waals surface area contributed by atoms with Crippen molar-refractivity contribution in [2.45, 2.75) is 38.7 Å². The van der Waals surface area contributed by atoms with Crippen molar-refractivity contribution in [3.63, 3.8) is 0 Å². The Bertz CT molecular complexity index is 105. The van der Waals surface area contributed by atoms with E-state index in [1.54, 1.807) is 7.11 Å². The maximum atomic E-state index is 9.02. The molecule has 0 heterocycles. The Kier molecular flexibility index (Phi) is 8.40. The molecule has 0 aromatic heterocycles. The molecule has 13 heavy (non-hydrogen) atoms. The van der Waals surface area contributed by atoms with Crippen molar-refractivity contribution in [1.29, 1.82) is 0 Å². The number of methoxy groups -OCH3 is 1. The Morgan fingerprint density at radius 3 is 2.46 bits per heavy atom. The molecule has 0 amide bonds. The second kappa shape index (κ2) is 8.48. The number of hydrogen-bond donors (Lipinski definition) is 2. The molecule has 0 radical (unpaired) electrons. The summed E-state index contributed by atoms with van der Waals surface area (Å²) < 4.78 is 5.30. The summed E-state index contributed by atoms with van der Waals surface area (Å²) in [5.74, 6) is 0.0989. The number of aliphatic hydroxyl groups excluding tert-OH is 1. The van der Waals surface area contributed by atoms with Crippen LogP contribution in [0.1, 0.15) is 32.6 Å². The van der Waals surface area contributed by atoms with Gasteiger partial charge in [-0.3, -0.25) is 0 Å². The molecule has 0 aliphatic rings. The highest BCUT2D eigenvalue weighted by molar-refractivity contribution is 4.70. The van der Waals surface area contributed by atoms with E-state index in [4.69, 9.17) is 15.6 Å². The smallest absolute Gasteiger partial charge is 0.0633 e. The zero-order chi connectivity index (χ0) is 10.1. The normalized spacial score (nSPS) is 15.7. The van der Waals surface area contributed by atoms with Crippen LogP contribution in [0.25, 0.3) is 0 Å². The molecular weight excluding hydrogens is 166 g/mol. The summed E-state index contributed by atoms with van der Waals surface area (Å²) in [4.78, 5) is 0. The predicted molar refractivity (Wildman–Crippen MR) is 54.6 cm³/mol. The summed E-state index contributed by atoms with van der Waals surface area (Å²) in [6.45, 7) is 2.80. The van der Waals surface area contributed by atoms with Crippen molar-refractivity contribution >= 4 is 0 Å². The summed E-state index contributed by atoms with van der Waals surface area (Å²) in [7, 11) is 1.69. The lowest BCUT2D eigenvalue weighted by Crippen LogP contribution is -2.32. The maximum absolute atomic E-state index is 9.02. The second-order valence-electron chi connectivity index (χ2n) is 3.45. The first-order chi connectivity index (χ1) is 6.29. The van der Waals surface area contributed by atoms with Gasteiger partial charge in [-0.05, 0) is 13.0 Å². The van der Waals surface area contributed by atoms with Crippen molar-refractivity contribution in [3.05, 3.63) is 0 Å². The van der Waals surface area contributed by atoms with E-state index >= 15 is 0 Å². The Balaban J connectivity index is 3.71. The van der Waals surface area contributed by atoms with Crippen molar-refractivity contribution < 1.29 is 9.84 Å². The van der Waals surface area contributed by atoms with Gasteiger partial charge in [0.05, 0.1) is 6.10 Å². The highest BCUT2D eigenvalue weighted by atomic mass is 16.5. The number of nitrogens with two attached hydrogens (primary N) is 1. The molecule has 0 aromatic rings. The second-order valence-corrected chi connectivity index (χ2v) is 3.45. The van der Waals surface area contributed by atoms with Crippen LogP contribution in [0.15, 0.2) is 0 Å². The summed E-state index contributed by atoms with van der Waals surface area (Å²) in [5.41, 5.74) is 5.52. The van der Waals surface area contributed by atoms with Crippen molar-refractivity contribution in [2.75, 3.05) is 20.3 Å². The average molecular weight is 189 g/mol. The zero-order valence-electron chi connectivity index (χ0n) is 8.83. The van der Waals surface area contributed by atoms with E-state index in [9.17, 15) is 0 Å². The van der Waals surface area contributed by atoms with Crippen LogP contribution in [0, 0.1) is 5.92 Å². The van der Waals surface area contributed by atoms with E-state index in [0.29, 0.717) is 6.54 Å². The minimum absolute atomic E-state index is 0.0989. The van der Waals surface area contributed by atoms with Gasteiger partial charge in [-0.25, -0.2) is 0 Å². The highest BCUT2D eigenvalue weighted by Crippen LogP contribution is 2.13. The van der Waals surface area contributed by atoms with Gasteiger partial charge in [0.2, 0.25) is 0 Å². The quantitative estimate of drug-likeness (QED) is 0.563. The van der Waals surface area contributed by atoms with Crippen LogP contribution < -0.4 is 5.73 Å². The van der Waals surface area contributed by atoms with E-state index in [2.05, 4.69) is 6.92 Å². The van der Waals surface area contributed by atoms with Gasteiger partial charge in [-0.15, -0.1) is 0 Å². The molecule has 0 aromatic carbocycles. The molecule has 0 rings (SSSR count). The summed E-state index contributed by atoms with van der Waals surface area (Å²) in [6.07, 6.45) is 4.73. The number of aliphatic hydroxyl groups is 1. The third kappa shape index (κ3) is 5.24. The van der Waals surface area contributed by atoms with E-state index in [1.165, 1.54) is 12.8 Å². The summed E-state index contributed by atoms with van der Waals surface area (Å²) in [5, 5.41) is 9.02. The number of ether oxygens (including phenoxy) is 1. The van der Waals surface area contributed by atoms with Crippen LogP contribution in [0.4, 0.5) is 0 Å². The minimum atomic E-state index is 0.0989. The molecule has 80 valence electrons. The average Bonchev–Trinajstić information content (AvgIpc) is 2.17. The van der Waals surface area contributed by atoms with Crippen LogP contribution in [0.3, 0.4) is 0 Å². The lowest BCUT2D eigenvalue weighted by atomic mass is 9.98. The molecule has 3 heteroatoms. The van der Waals surface area contributed by atoms with Gasteiger partial charge in [0.15, 0.2) is 0 Å². The third-order valence-electron chi connectivity index (χ3n) is 2.46. The lowest BCUT2D eigenvalue weighted by Gasteiger charge is -2.22.